The van der Waals surface area contributed by atoms with E-state index in [1.54, 1.807) is 46.1 Å². The Balaban J connectivity index is 1.50. The van der Waals surface area contributed by atoms with E-state index >= 15 is 0 Å². The Morgan fingerprint density at radius 3 is 2.54 bits per heavy atom. The van der Waals surface area contributed by atoms with Crippen LogP contribution in [-0.2, 0) is 10.3 Å². The van der Waals surface area contributed by atoms with Gasteiger partial charge in [0.15, 0.2) is 23.0 Å². The van der Waals surface area contributed by atoms with Gasteiger partial charge in [0.1, 0.15) is 28.7 Å². The molecule has 8 nitrogen and oxygen atoms in total. The predicted molar refractivity (Wildman–Crippen MR) is 134 cm³/mol. The van der Waals surface area contributed by atoms with Gasteiger partial charge in [-0.25, -0.2) is 9.18 Å². The lowest BCUT2D eigenvalue weighted by Gasteiger charge is -2.55. The molecule has 2 aliphatic heterocycles. The maximum atomic E-state index is 14.0. The Bertz CT molecular complexity index is 1100. The molecule has 2 aromatic rings. The van der Waals surface area contributed by atoms with Crippen molar-refractivity contribution >= 4 is 29.0 Å². The maximum absolute atomic E-state index is 14.0. The highest BCUT2D eigenvalue weighted by Gasteiger charge is 2.54. The van der Waals surface area contributed by atoms with E-state index in [1.165, 1.54) is 26.4 Å². The summed E-state index contributed by atoms with van der Waals surface area (Å²) in [5.41, 5.74) is -0.271. The fourth-order valence-electron chi connectivity index (χ4n) is 5.60. The van der Waals surface area contributed by atoms with Crippen molar-refractivity contribution in [2.45, 2.75) is 30.4 Å². The topological polar surface area (TPSA) is 89.5 Å². The smallest absolute Gasteiger partial charge is 0.317 e. The molecule has 2 amide bonds. The Morgan fingerprint density at radius 1 is 1.20 bits per heavy atom. The van der Waals surface area contributed by atoms with E-state index in [4.69, 9.17) is 17.3 Å². The first kappa shape index (κ1) is 24.4. The maximum Gasteiger partial charge on any atom is 0.317 e. The van der Waals surface area contributed by atoms with Crippen molar-refractivity contribution < 1.29 is 31.6 Å². The second-order valence-electron chi connectivity index (χ2n) is 9.75. The van der Waals surface area contributed by atoms with E-state index in [1.807, 2.05) is 6.07 Å². The van der Waals surface area contributed by atoms with E-state index < -0.39 is 11.6 Å². The molecule has 2 N–H and O–H groups in total. The summed E-state index contributed by atoms with van der Waals surface area (Å²) in [4.78, 5) is 14.9. The number of carbonyl (C=O) groups is 1. The quantitative estimate of drug-likeness (QED) is 0.493. The summed E-state index contributed by atoms with van der Waals surface area (Å²) in [7, 11) is 3.04. The number of carbonyl (C=O) groups excluding carboxylic acids is 1. The van der Waals surface area contributed by atoms with E-state index in [-0.39, 0.29) is 29.6 Å². The fourth-order valence-corrected chi connectivity index (χ4v) is 5.95. The Kier molecular flexibility index (Phi) is 6.47. The summed E-state index contributed by atoms with van der Waals surface area (Å²) in [5, 5.41) is 15.3. The molecule has 0 bridgehead atoms. The third-order valence-corrected chi connectivity index (χ3v) is 7.91. The van der Waals surface area contributed by atoms with Crippen LogP contribution in [0.25, 0.3) is 0 Å². The minimum atomic E-state index is -1.53. The average molecular weight is 598 g/mol. The number of ether oxygens (including phenoxy) is 3. The van der Waals surface area contributed by atoms with Crippen LogP contribution in [0.4, 0.5) is 9.18 Å². The number of hydrogen-bond donors (Lipinski definition) is 2. The van der Waals surface area contributed by atoms with Crippen LogP contribution in [0.1, 0.15) is 29.9 Å². The number of urea groups is 1. The highest BCUT2D eigenvalue weighted by molar-refractivity contribution is 14.1. The van der Waals surface area contributed by atoms with Crippen molar-refractivity contribution in [1.29, 1.82) is 0 Å². The molecule has 3 fully saturated rings. The Hall–Kier alpha value is -2.31. The predicted octanol–water partition coefficient (Wildman–Crippen LogP) is 3.75. The van der Waals surface area contributed by atoms with Crippen molar-refractivity contribution in [3.63, 3.8) is 0 Å². The third-order valence-electron chi connectivity index (χ3n) is 7.44. The average Bonchev–Trinajstić information content (AvgIpc) is 3.13. The van der Waals surface area contributed by atoms with Crippen LogP contribution in [0.15, 0.2) is 36.4 Å². The molecule has 35 heavy (non-hydrogen) atoms. The molecule has 1 aliphatic carbocycles. The number of likely N-dealkylation sites (tertiary alicyclic amines) is 1. The van der Waals surface area contributed by atoms with E-state index in [2.05, 4.69) is 5.32 Å². The van der Waals surface area contributed by atoms with E-state index in [0.29, 0.717) is 55.5 Å². The molecule has 10 heteroatoms. The zero-order valence-electron chi connectivity index (χ0n) is 19.6. The molecule has 2 saturated heterocycles. The summed E-state index contributed by atoms with van der Waals surface area (Å²) in [6.07, 6.45) is 0.665. The Labute approximate surface area is 217 Å². The van der Waals surface area contributed by atoms with Gasteiger partial charge in [-0.3, -0.25) is 0 Å². The number of halogens is 2. The SMILES string of the molecule is COc1cc(OC)c([C@@]2(O)C[C@H](c3cccc(F)c3)C[C@@H]2NC(=O)N2CC3(COC3)C2)c(OI)c1. The van der Waals surface area contributed by atoms with Gasteiger partial charge >= 0.3 is 6.03 Å². The molecule has 0 radical (unpaired) electrons. The number of hydrogen-bond acceptors (Lipinski definition) is 6. The molecule has 2 heterocycles. The number of methoxy groups -OCH3 is 2. The molecule has 3 atom stereocenters. The van der Waals surface area contributed by atoms with Gasteiger partial charge in [-0.15, -0.1) is 0 Å². The minimum Gasteiger partial charge on any atom is -0.496 e. The van der Waals surface area contributed by atoms with Crippen molar-refractivity contribution in [2.24, 2.45) is 5.41 Å². The normalized spacial score (nSPS) is 26.6. The van der Waals surface area contributed by atoms with Gasteiger partial charge in [0.05, 0.1) is 44.5 Å². The Morgan fingerprint density at radius 2 is 1.94 bits per heavy atom. The van der Waals surface area contributed by atoms with Gasteiger partial charge in [0.2, 0.25) is 0 Å². The molecule has 1 saturated carbocycles. The second kappa shape index (κ2) is 9.29. The molecular formula is C25H28FIN2O6. The first-order chi connectivity index (χ1) is 16.8. The van der Waals surface area contributed by atoms with Crippen LogP contribution in [0.2, 0.25) is 0 Å². The van der Waals surface area contributed by atoms with Crippen LogP contribution < -0.4 is 17.9 Å². The molecule has 0 aromatic heterocycles. The molecule has 0 unspecified atom stereocenters. The fraction of sp³-hybridized carbons (Fsp3) is 0.480. The first-order valence-electron chi connectivity index (χ1n) is 11.5. The number of amides is 2. The molecule has 188 valence electrons. The number of nitrogens with one attached hydrogen (secondary N) is 1. The lowest BCUT2D eigenvalue weighted by Crippen LogP contribution is -2.69. The highest BCUT2D eigenvalue weighted by atomic mass is 127. The summed E-state index contributed by atoms with van der Waals surface area (Å²) in [6, 6.07) is 8.82. The monoisotopic (exact) mass is 598 g/mol. The second-order valence-corrected chi connectivity index (χ2v) is 10.2. The van der Waals surface area contributed by atoms with Gasteiger partial charge < -0.3 is 32.6 Å². The van der Waals surface area contributed by atoms with Crippen molar-refractivity contribution in [1.82, 2.24) is 10.2 Å². The third kappa shape index (κ3) is 4.29. The molecule has 1 spiro atoms. The number of benzene rings is 2. The summed E-state index contributed by atoms with van der Waals surface area (Å²) in [5.74, 6) is 0.725. The number of nitrogens with zero attached hydrogens (tertiary/aromatic N) is 1. The van der Waals surface area contributed by atoms with Crippen LogP contribution in [-0.4, -0.2) is 62.6 Å². The van der Waals surface area contributed by atoms with Crippen molar-refractivity contribution in [3.05, 3.63) is 53.3 Å². The van der Waals surface area contributed by atoms with Crippen molar-refractivity contribution in [2.75, 3.05) is 40.5 Å². The van der Waals surface area contributed by atoms with Crippen LogP contribution in [0.5, 0.6) is 17.2 Å². The van der Waals surface area contributed by atoms with Gasteiger partial charge in [0, 0.05) is 25.2 Å². The molecule has 3 aliphatic rings. The van der Waals surface area contributed by atoms with Crippen LogP contribution in [0.3, 0.4) is 0 Å². The highest BCUT2D eigenvalue weighted by Crippen LogP contribution is 2.53. The first-order valence-corrected chi connectivity index (χ1v) is 12.3. The number of rotatable bonds is 6. The van der Waals surface area contributed by atoms with E-state index in [9.17, 15) is 14.3 Å². The summed E-state index contributed by atoms with van der Waals surface area (Å²) >= 11 is 1.75. The van der Waals surface area contributed by atoms with Crippen molar-refractivity contribution in [3.8, 4) is 17.2 Å². The minimum absolute atomic E-state index is 0.0782. The van der Waals surface area contributed by atoms with E-state index in [0.717, 1.165) is 5.56 Å². The lowest BCUT2D eigenvalue weighted by atomic mass is 9.78. The molecule has 2 aromatic carbocycles. The van der Waals surface area contributed by atoms with Crippen LogP contribution >= 0.6 is 23.0 Å². The largest absolute Gasteiger partial charge is 0.496 e. The molecule has 5 rings (SSSR count). The molecular weight excluding hydrogens is 570 g/mol. The summed E-state index contributed by atoms with van der Waals surface area (Å²) < 4.78 is 35.9. The zero-order valence-corrected chi connectivity index (χ0v) is 21.7. The van der Waals surface area contributed by atoms with Gasteiger partial charge in [-0.05, 0) is 36.5 Å². The van der Waals surface area contributed by atoms with Gasteiger partial charge in [-0.1, -0.05) is 12.1 Å². The summed E-state index contributed by atoms with van der Waals surface area (Å²) in [6.45, 7) is 2.60. The van der Waals surface area contributed by atoms with Gasteiger partial charge in [-0.2, -0.15) is 0 Å². The number of aliphatic hydroxyl groups is 1. The van der Waals surface area contributed by atoms with Gasteiger partial charge in [0.25, 0.3) is 0 Å². The lowest BCUT2D eigenvalue weighted by molar-refractivity contribution is -0.175. The zero-order chi connectivity index (χ0) is 24.8. The standard InChI is InChI=1S/C25H28FIN2O6/c1-32-18-8-19(33-2)22(20(9-18)35-27)25(31)10-16(15-4-3-5-17(26)6-15)7-21(25)28-23(30)29-11-24(12-29)13-34-14-24/h3-6,8-9,16,21,31H,7,10-14H2,1-2H3,(H,28,30)/t16-,21+,25-/m1/s1. The van der Waals surface area contributed by atoms with Crippen LogP contribution in [0, 0.1) is 11.2 Å².